The third kappa shape index (κ3) is 4.87. The van der Waals surface area contributed by atoms with E-state index in [9.17, 15) is 21.6 Å². The Kier molecular flexibility index (Phi) is 5.84. The molecular formula is C14H16Cl3NO5S2. The van der Waals surface area contributed by atoms with E-state index in [4.69, 9.17) is 34.8 Å². The van der Waals surface area contributed by atoms with Crippen molar-refractivity contribution < 1.29 is 21.6 Å². The van der Waals surface area contributed by atoms with Gasteiger partial charge in [0.15, 0.2) is 15.6 Å². The molecule has 1 aromatic rings. The molecule has 0 bridgehead atoms. The van der Waals surface area contributed by atoms with E-state index in [2.05, 4.69) is 4.72 Å². The minimum Gasteiger partial charge on any atom is -0.294 e. The zero-order valence-electron chi connectivity index (χ0n) is 13.3. The Morgan fingerprint density at radius 3 is 2.36 bits per heavy atom. The molecule has 0 amide bonds. The van der Waals surface area contributed by atoms with Crippen LogP contribution in [0.25, 0.3) is 0 Å². The molecule has 1 N–H and O–H groups in total. The summed E-state index contributed by atoms with van der Waals surface area (Å²) in [6.45, 7) is 3.34. The third-order valence-electron chi connectivity index (χ3n) is 3.91. The van der Waals surface area contributed by atoms with Gasteiger partial charge >= 0.3 is 0 Å². The highest BCUT2D eigenvalue weighted by Crippen LogP contribution is 2.35. The molecule has 0 unspecified atom stereocenters. The average Bonchev–Trinajstić information content (AvgIpc) is 2.73. The van der Waals surface area contributed by atoms with Gasteiger partial charge in [-0.3, -0.25) is 4.79 Å². The first-order valence-corrected chi connectivity index (χ1v) is 11.6. The third-order valence-corrected chi connectivity index (χ3v) is 7.83. The molecular weight excluding hydrogens is 433 g/mol. The van der Waals surface area contributed by atoms with Gasteiger partial charge in [-0.25, -0.2) is 21.6 Å². The molecule has 2 rings (SSSR count). The number of aryl methyl sites for hydroxylation is 2. The van der Waals surface area contributed by atoms with Crippen LogP contribution >= 0.6 is 34.8 Å². The topological polar surface area (TPSA) is 97.4 Å². The second-order valence-electron chi connectivity index (χ2n) is 6.04. The molecule has 2 atom stereocenters. The van der Waals surface area contributed by atoms with Gasteiger partial charge < -0.3 is 0 Å². The summed E-state index contributed by atoms with van der Waals surface area (Å²) in [6.07, 6.45) is 0. The zero-order valence-corrected chi connectivity index (χ0v) is 17.2. The molecule has 1 aromatic carbocycles. The number of ketones is 1. The van der Waals surface area contributed by atoms with Crippen molar-refractivity contribution in [3.8, 4) is 0 Å². The Hall–Kier alpha value is -0.380. The Bertz CT molecular complexity index is 907. The molecule has 25 heavy (non-hydrogen) atoms. The second kappa shape index (κ2) is 6.98. The Morgan fingerprint density at radius 2 is 1.80 bits per heavy atom. The minimum absolute atomic E-state index is 0.0110. The lowest BCUT2D eigenvalue weighted by molar-refractivity contribution is -0.121. The summed E-state index contributed by atoms with van der Waals surface area (Å²) in [5.74, 6) is -3.32. The molecule has 1 aliphatic rings. The van der Waals surface area contributed by atoms with Crippen molar-refractivity contribution >= 4 is 60.4 Å². The van der Waals surface area contributed by atoms with Crippen molar-refractivity contribution in [2.45, 2.75) is 28.6 Å². The normalized spacial score (nSPS) is 23.6. The summed E-state index contributed by atoms with van der Waals surface area (Å²) in [5.41, 5.74) is 1.21. The highest BCUT2D eigenvalue weighted by Gasteiger charge is 2.49. The van der Waals surface area contributed by atoms with Crippen molar-refractivity contribution in [2.75, 3.05) is 11.5 Å². The smallest absolute Gasteiger partial charge is 0.249 e. The summed E-state index contributed by atoms with van der Waals surface area (Å²) < 4.78 is 49.1. The molecule has 1 aliphatic heterocycles. The van der Waals surface area contributed by atoms with Crippen LogP contribution in [0.2, 0.25) is 0 Å². The number of rotatable bonds is 4. The number of benzene rings is 1. The van der Waals surface area contributed by atoms with Crippen LogP contribution < -0.4 is 4.72 Å². The number of nitrogens with one attached hydrogen (secondary N) is 1. The van der Waals surface area contributed by atoms with Gasteiger partial charge in [-0.15, -0.1) is 0 Å². The SMILES string of the molecule is Cc1ccc(C)c(S(=O)(=O)N[C@H]2CS(=O)(=O)C[C@@H]2C(=O)C(Cl)(Cl)Cl)c1. The highest BCUT2D eigenvalue weighted by molar-refractivity contribution is 7.92. The average molecular weight is 449 g/mol. The van der Waals surface area contributed by atoms with Crippen LogP contribution in [0.5, 0.6) is 0 Å². The highest BCUT2D eigenvalue weighted by atomic mass is 35.6. The zero-order chi connectivity index (χ0) is 19.2. The van der Waals surface area contributed by atoms with Crippen molar-refractivity contribution in [3.05, 3.63) is 29.3 Å². The number of hydrogen-bond donors (Lipinski definition) is 1. The van der Waals surface area contributed by atoms with Gasteiger partial charge in [0.2, 0.25) is 13.8 Å². The summed E-state index contributed by atoms with van der Waals surface area (Å²) in [7, 11) is -7.70. The van der Waals surface area contributed by atoms with Crippen LogP contribution in [0, 0.1) is 19.8 Å². The van der Waals surface area contributed by atoms with Gasteiger partial charge in [0.1, 0.15) is 0 Å². The first-order chi connectivity index (χ1) is 11.2. The quantitative estimate of drug-likeness (QED) is 0.710. The summed E-state index contributed by atoms with van der Waals surface area (Å²) >= 11 is 16.7. The largest absolute Gasteiger partial charge is 0.294 e. The van der Waals surface area contributed by atoms with E-state index < -0.39 is 52.9 Å². The molecule has 0 aromatic heterocycles. The van der Waals surface area contributed by atoms with Crippen LogP contribution in [0.4, 0.5) is 0 Å². The number of alkyl halides is 3. The van der Waals surface area contributed by atoms with Crippen molar-refractivity contribution in [1.29, 1.82) is 0 Å². The summed E-state index contributed by atoms with van der Waals surface area (Å²) in [6, 6.07) is 3.66. The van der Waals surface area contributed by atoms with E-state index in [1.165, 1.54) is 6.07 Å². The molecule has 140 valence electrons. The van der Waals surface area contributed by atoms with Crippen LogP contribution in [0.1, 0.15) is 11.1 Å². The van der Waals surface area contributed by atoms with Gasteiger partial charge in [0.25, 0.3) is 0 Å². The number of sulfone groups is 1. The van der Waals surface area contributed by atoms with E-state index in [-0.39, 0.29) is 4.90 Å². The number of hydrogen-bond acceptors (Lipinski definition) is 5. The predicted molar refractivity (Wildman–Crippen MR) is 97.5 cm³/mol. The Labute approximate surface area is 161 Å². The lowest BCUT2D eigenvalue weighted by Gasteiger charge is -2.22. The molecule has 0 spiro atoms. The van der Waals surface area contributed by atoms with Gasteiger partial charge in [0, 0.05) is 6.04 Å². The molecule has 0 aliphatic carbocycles. The van der Waals surface area contributed by atoms with Crippen molar-refractivity contribution in [2.24, 2.45) is 5.92 Å². The van der Waals surface area contributed by atoms with E-state index in [0.29, 0.717) is 5.56 Å². The summed E-state index contributed by atoms with van der Waals surface area (Å²) in [4.78, 5) is 12.2. The maximum Gasteiger partial charge on any atom is 0.249 e. The fourth-order valence-electron chi connectivity index (χ4n) is 2.69. The first kappa shape index (κ1) is 20.9. The van der Waals surface area contributed by atoms with Crippen LogP contribution in [0.15, 0.2) is 23.1 Å². The Balaban J connectivity index is 2.39. The second-order valence-corrected chi connectivity index (χ2v) is 12.2. The minimum atomic E-state index is -4.05. The van der Waals surface area contributed by atoms with Crippen molar-refractivity contribution in [3.63, 3.8) is 0 Å². The fourth-order valence-corrected chi connectivity index (χ4v) is 6.75. The van der Waals surface area contributed by atoms with E-state index in [0.717, 1.165) is 5.56 Å². The van der Waals surface area contributed by atoms with Gasteiger partial charge in [0.05, 0.1) is 22.3 Å². The number of carbonyl (C=O) groups excluding carboxylic acids is 1. The fraction of sp³-hybridized carbons (Fsp3) is 0.500. The van der Waals surface area contributed by atoms with Gasteiger partial charge in [-0.05, 0) is 31.0 Å². The molecule has 6 nitrogen and oxygen atoms in total. The molecule has 1 saturated heterocycles. The maximum absolute atomic E-state index is 12.7. The number of carbonyl (C=O) groups is 1. The number of halogens is 3. The standard InChI is InChI=1S/C14H16Cl3NO5S2/c1-8-3-4-9(2)12(5-8)25(22,23)18-11-7-24(20,21)6-10(11)13(19)14(15,16)17/h3-5,10-11,18H,6-7H2,1-2H3/t10-,11-/m0/s1. The van der Waals surface area contributed by atoms with Crippen molar-refractivity contribution in [1.82, 2.24) is 4.72 Å². The molecule has 11 heteroatoms. The van der Waals surface area contributed by atoms with Crippen LogP contribution in [-0.4, -0.2) is 44.0 Å². The number of Topliss-reactive ketones (excluding diaryl/α,β-unsaturated/α-hetero) is 1. The van der Waals surface area contributed by atoms with Gasteiger partial charge in [-0.1, -0.05) is 46.9 Å². The van der Waals surface area contributed by atoms with Gasteiger partial charge in [-0.2, -0.15) is 0 Å². The van der Waals surface area contributed by atoms with Crippen LogP contribution in [0.3, 0.4) is 0 Å². The monoisotopic (exact) mass is 447 g/mol. The lowest BCUT2D eigenvalue weighted by Crippen LogP contribution is -2.45. The van der Waals surface area contributed by atoms with Crippen LogP contribution in [-0.2, 0) is 24.7 Å². The molecule has 1 heterocycles. The Morgan fingerprint density at radius 1 is 1.20 bits per heavy atom. The lowest BCUT2D eigenvalue weighted by atomic mass is 10.0. The van der Waals surface area contributed by atoms with E-state index in [1.807, 2.05) is 0 Å². The molecule has 1 fully saturated rings. The predicted octanol–water partition coefficient (Wildman–Crippen LogP) is 1.93. The maximum atomic E-state index is 12.7. The molecule has 0 saturated carbocycles. The summed E-state index contributed by atoms with van der Waals surface area (Å²) in [5, 5.41) is 0. The first-order valence-electron chi connectivity index (χ1n) is 7.14. The van der Waals surface area contributed by atoms with E-state index in [1.54, 1.807) is 26.0 Å². The molecule has 0 radical (unpaired) electrons. The number of sulfonamides is 1. The van der Waals surface area contributed by atoms with E-state index >= 15 is 0 Å².